The Kier molecular flexibility index (Phi) is 6.09. The molecule has 1 aromatic rings. The van der Waals surface area contributed by atoms with E-state index in [0.717, 1.165) is 23.7 Å². The maximum Gasteiger partial charge on any atom is 0.0718 e. The molecule has 2 nitrogen and oxygen atoms in total. The van der Waals surface area contributed by atoms with E-state index in [1.165, 1.54) is 0 Å². The van der Waals surface area contributed by atoms with Gasteiger partial charge in [-0.1, -0.05) is 29.8 Å². The lowest BCUT2D eigenvalue weighted by Crippen LogP contribution is -2.19. The van der Waals surface area contributed by atoms with Crippen LogP contribution in [0.25, 0.3) is 0 Å². The third-order valence-corrected chi connectivity index (χ3v) is 2.10. The van der Waals surface area contributed by atoms with Crippen LogP contribution in [0.2, 0.25) is 5.02 Å². The Morgan fingerprint density at radius 3 is 3.07 bits per heavy atom. The number of hydrogen-bond donors (Lipinski definition) is 1. The van der Waals surface area contributed by atoms with Crippen LogP contribution in [0.3, 0.4) is 0 Å². The molecule has 0 atom stereocenters. The summed E-state index contributed by atoms with van der Waals surface area (Å²) in [6.45, 7) is 6.58. The van der Waals surface area contributed by atoms with Crippen LogP contribution < -0.4 is 5.32 Å². The van der Waals surface area contributed by atoms with Gasteiger partial charge in [0.05, 0.1) is 13.2 Å². The van der Waals surface area contributed by atoms with E-state index in [-0.39, 0.29) is 0 Å². The number of hydrogen-bond acceptors (Lipinski definition) is 2. The van der Waals surface area contributed by atoms with Crippen LogP contribution >= 0.6 is 11.6 Å². The van der Waals surface area contributed by atoms with Crippen molar-refractivity contribution in [2.75, 3.05) is 19.7 Å². The zero-order valence-corrected chi connectivity index (χ0v) is 9.46. The summed E-state index contributed by atoms with van der Waals surface area (Å²) in [5.74, 6) is 0. The van der Waals surface area contributed by atoms with Gasteiger partial charge in [0, 0.05) is 18.1 Å². The van der Waals surface area contributed by atoms with Gasteiger partial charge < -0.3 is 10.1 Å². The summed E-state index contributed by atoms with van der Waals surface area (Å²) >= 11 is 5.85. The van der Waals surface area contributed by atoms with E-state index in [1.54, 1.807) is 0 Å². The highest BCUT2D eigenvalue weighted by Crippen LogP contribution is 2.11. The van der Waals surface area contributed by atoms with Crippen LogP contribution in [0.4, 0.5) is 0 Å². The summed E-state index contributed by atoms with van der Waals surface area (Å²) in [4.78, 5) is 0. The van der Waals surface area contributed by atoms with Gasteiger partial charge in [-0.25, -0.2) is 0 Å². The van der Waals surface area contributed by atoms with Crippen molar-refractivity contribution in [1.82, 2.24) is 5.32 Å². The SMILES string of the molecule is C=CCNCCOCc1cccc(Cl)c1. The Morgan fingerprint density at radius 2 is 2.33 bits per heavy atom. The molecule has 0 aliphatic carbocycles. The molecule has 0 amide bonds. The second-order valence-electron chi connectivity index (χ2n) is 3.18. The highest BCUT2D eigenvalue weighted by atomic mass is 35.5. The molecule has 0 aromatic heterocycles. The average molecular weight is 226 g/mol. The first-order valence-electron chi connectivity index (χ1n) is 4.96. The van der Waals surface area contributed by atoms with E-state index >= 15 is 0 Å². The van der Waals surface area contributed by atoms with Gasteiger partial charge in [0.2, 0.25) is 0 Å². The molecule has 0 heterocycles. The van der Waals surface area contributed by atoms with Gasteiger partial charge in [-0.3, -0.25) is 0 Å². The fourth-order valence-electron chi connectivity index (χ4n) is 1.17. The highest BCUT2D eigenvalue weighted by Gasteiger charge is 1.94. The molecule has 0 radical (unpaired) electrons. The van der Waals surface area contributed by atoms with Gasteiger partial charge in [-0.2, -0.15) is 0 Å². The smallest absolute Gasteiger partial charge is 0.0718 e. The maximum absolute atomic E-state index is 5.85. The van der Waals surface area contributed by atoms with E-state index in [2.05, 4.69) is 11.9 Å². The predicted octanol–water partition coefficient (Wildman–Crippen LogP) is 2.63. The van der Waals surface area contributed by atoms with Crippen LogP contribution in [0.5, 0.6) is 0 Å². The number of benzene rings is 1. The van der Waals surface area contributed by atoms with Crippen LogP contribution in [-0.4, -0.2) is 19.7 Å². The lowest BCUT2D eigenvalue weighted by Gasteiger charge is -2.05. The molecule has 0 saturated carbocycles. The first-order valence-corrected chi connectivity index (χ1v) is 5.34. The largest absolute Gasteiger partial charge is 0.375 e. The summed E-state index contributed by atoms with van der Waals surface area (Å²) in [6.07, 6.45) is 1.83. The van der Waals surface area contributed by atoms with E-state index in [1.807, 2.05) is 30.3 Å². The van der Waals surface area contributed by atoms with Gasteiger partial charge >= 0.3 is 0 Å². The van der Waals surface area contributed by atoms with Crippen LogP contribution in [0, 0.1) is 0 Å². The van der Waals surface area contributed by atoms with Gasteiger partial charge in [0.1, 0.15) is 0 Å². The van der Waals surface area contributed by atoms with E-state index in [4.69, 9.17) is 16.3 Å². The third kappa shape index (κ3) is 5.57. The fraction of sp³-hybridized carbons (Fsp3) is 0.333. The maximum atomic E-state index is 5.85. The van der Waals surface area contributed by atoms with Gasteiger partial charge in [0.15, 0.2) is 0 Å². The Bertz CT molecular complexity index is 301. The summed E-state index contributed by atoms with van der Waals surface area (Å²) in [7, 11) is 0. The topological polar surface area (TPSA) is 21.3 Å². The molecule has 15 heavy (non-hydrogen) atoms. The van der Waals surface area contributed by atoms with Crippen LogP contribution in [0.15, 0.2) is 36.9 Å². The molecule has 82 valence electrons. The lowest BCUT2D eigenvalue weighted by molar-refractivity contribution is 0.123. The first kappa shape index (κ1) is 12.2. The first-order chi connectivity index (χ1) is 7.33. The highest BCUT2D eigenvalue weighted by molar-refractivity contribution is 6.30. The van der Waals surface area contributed by atoms with Crippen molar-refractivity contribution in [2.45, 2.75) is 6.61 Å². The number of ether oxygens (including phenoxy) is 1. The predicted molar refractivity (Wildman–Crippen MR) is 64.2 cm³/mol. The molecule has 1 aromatic carbocycles. The van der Waals surface area contributed by atoms with E-state index in [9.17, 15) is 0 Å². The van der Waals surface area contributed by atoms with Gasteiger partial charge in [0.25, 0.3) is 0 Å². The zero-order chi connectivity index (χ0) is 10.9. The average Bonchev–Trinajstić information content (AvgIpc) is 2.23. The third-order valence-electron chi connectivity index (χ3n) is 1.87. The molecule has 0 bridgehead atoms. The molecule has 1 N–H and O–H groups in total. The minimum absolute atomic E-state index is 0.607. The monoisotopic (exact) mass is 225 g/mol. The van der Waals surface area contributed by atoms with Crippen LogP contribution in [-0.2, 0) is 11.3 Å². The Balaban J connectivity index is 2.12. The zero-order valence-electron chi connectivity index (χ0n) is 8.71. The quantitative estimate of drug-likeness (QED) is 0.569. The molecule has 3 heteroatoms. The molecule has 0 unspecified atom stereocenters. The molecular formula is C12H16ClNO. The van der Waals surface area contributed by atoms with Crippen molar-refractivity contribution < 1.29 is 4.74 Å². The second kappa shape index (κ2) is 7.46. The van der Waals surface area contributed by atoms with Crippen LogP contribution in [0.1, 0.15) is 5.56 Å². The van der Waals surface area contributed by atoms with Crippen molar-refractivity contribution in [1.29, 1.82) is 0 Å². The van der Waals surface area contributed by atoms with Crippen molar-refractivity contribution in [3.8, 4) is 0 Å². The molecule has 1 rings (SSSR count). The van der Waals surface area contributed by atoms with Crippen molar-refractivity contribution >= 4 is 11.6 Å². The summed E-state index contributed by atoms with van der Waals surface area (Å²) in [5.41, 5.74) is 1.10. The van der Waals surface area contributed by atoms with E-state index in [0.29, 0.717) is 13.2 Å². The van der Waals surface area contributed by atoms with Crippen molar-refractivity contribution in [2.24, 2.45) is 0 Å². The van der Waals surface area contributed by atoms with Crippen molar-refractivity contribution in [3.05, 3.63) is 47.5 Å². The number of rotatable bonds is 7. The molecule has 0 saturated heterocycles. The molecule has 0 spiro atoms. The normalized spacial score (nSPS) is 10.2. The summed E-state index contributed by atoms with van der Waals surface area (Å²) in [6, 6.07) is 7.70. The van der Waals surface area contributed by atoms with Gasteiger partial charge in [-0.15, -0.1) is 6.58 Å². The lowest BCUT2D eigenvalue weighted by atomic mass is 10.2. The number of nitrogens with one attached hydrogen (secondary N) is 1. The molecule has 0 fully saturated rings. The minimum Gasteiger partial charge on any atom is -0.375 e. The Morgan fingerprint density at radius 1 is 1.47 bits per heavy atom. The molecular weight excluding hydrogens is 210 g/mol. The fourth-order valence-corrected chi connectivity index (χ4v) is 1.38. The van der Waals surface area contributed by atoms with Crippen molar-refractivity contribution in [3.63, 3.8) is 0 Å². The Labute approximate surface area is 95.9 Å². The Hall–Kier alpha value is -0.830. The molecule has 0 aliphatic rings. The standard InChI is InChI=1S/C12H16ClNO/c1-2-6-14-7-8-15-10-11-4-3-5-12(13)9-11/h2-5,9,14H,1,6-8,10H2. The number of halogens is 1. The van der Waals surface area contributed by atoms with E-state index < -0.39 is 0 Å². The second-order valence-corrected chi connectivity index (χ2v) is 3.61. The van der Waals surface area contributed by atoms with Gasteiger partial charge in [-0.05, 0) is 17.7 Å². The summed E-state index contributed by atoms with van der Waals surface area (Å²) < 4.78 is 5.47. The summed E-state index contributed by atoms with van der Waals surface area (Å²) in [5, 5.41) is 3.91. The minimum atomic E-state index is 0.607. The molecule has 0 aliphatic heterocycles.